The minimum atomic E-state index is -0.640. The summed E-state index contributed by atoms with van der Waals surface area (Å²) in [5.41, 5.74) is 7.08. The summed E-state index contributed by atoms with van der Waals surface area (Å²) in [7, 11) is 0. The summed E-state index contributed by atoms with van der Waals surface area (Å²) < 4.78 is 5.33. The molecule has 196 valence electrons. The van der Waals surface area contributed by atoms with Crippen LogP contribution in [-0.4, -0.2) is 28.0 Å². The third kappa shape index (κ3) is 5.89. The van der Waals surface area contributed by atoms with Crippen LogP contribution in [0.15, 0.2) is 108 Å². The molecule has 0 aliphatic carbocycles. The lowest BCUT2D eigenvalue weighted by Gasteiger charge is -2.10. The van der Waals surface area contributed by atoms with E-state index in [4.69, 9.17) is 9.72 Å². The molecule has 1 heterocycles. The largest absolute Gasteiger partial charge is 0.423 e. The topological polar surface area (TPSA) is 124 Å². The number of aryl methyl sites for hydroxylation is 1. The molecule has 5 rings (SSSR count). The maximum atomic E-state index is 13.2. The normalized spacial score (nSPS) is 10.9. The Labute approximate surface area is 228 Å². The summed E-state index contributed by atoms with van der Waals surface area (Å²) in [4.78, 5) is 40.5. The molecular formula is C31H22N4O5. The lowest BCUT2D eigenvalue weighted by molar-refractivity contribution is -0.384. The van der Waals surface area contributed by atoms with Crippen molar-refractivity contribution in [1.82, 2.24) is 10.4 Å². The zero-order chi connectivity index (χ0) is 28.1. The maximum Gasteiger partial charge on any atom is 0.343 e. The number of ether oxygens (including phenoxy) is 1. The standard InChI is InChI=1S/C31H22N4O5/c1-20-7-16-28-26(17-20)27(18-29(33-28)22-5-3-2-4-6-22)30(36)34-32-19-21-8-14-25(15-9-21)40-31(37)23-10-12-24(13-11-23)35(38)39/h2-19H,1H3,(H,34,36). The highest BCUT2D eigenvalue weighted by Crippen LogP contribution is 2.26. The summed E-state index contributed by atoms with van der Waals surface area (Å²) in [5, 5.41) is 15.6. The lowest BCUT2D eigenvalue weighted by atomic mass is 10.0. The van der Waals surface area contributed by atoms with Gasteiger partial charge in [0.15, 0.2) is 0 Å². The van der Waals surface area contributed by atoms with Gasteiger partial charge in [-0.15, -0.1) is 0 Å². The number of pyridine rings is 1. The van der Waals surface area contributed by atoms with E-state index in [1.165, 1.54) is 30.5 Å². The Kier molecular flexibility index (Phi) is 7.36. The van der Waals surface area contributed by atoms with Crippen LogP contribution in [0.2, 0.25) is 0 Å². The fourth-order valence-electron chi connectivity index (χ4n) is 4.02. The van der Waals surface area contributed by atoms with Gasteiger partial charge in [-0.25, -0.2) is 15.2 Å². The van der Waals surface area contributed by atoms with E-state index < -0.39 is 10.9 Å². The van der Waals surface area contributed by atoms with Gasteiger partial charge in [0.05, 0.1) is 33.5 Å². The van der Waals surface area contributed by atoms with Crippen molar-refractivity contribution >= 4 is 34.7 Å². The van der Waals surface area contributed by atoms with Gasteiger partial charge in [-0.2, -0.15) is 5.10 Å². The first-order chi connectivity index (χ1) is 19.4. The van der Waals surface area contributed by atoms with Crippen molar-refractivity contribution in [3.8, 4) is 17.0 Å². The number of hydrogen-bond donors (Lipinski definition) is 1. The van der Waals surface area contributed by atoms with E-state index >= 15 is 0 Å². The zero-order valence-corrected chi connectivity index (χ0v) is 21.3. The number of nitrogens with one attached hydrogen (secondary N) is 1. The predicted octanol–water partition coefficient (Wildman–Crippen LogP) is 6.10. The fourth-order valence-corrected chi connectivity index (χ4v) is 4.02. The Hall–Kier alpha value is -5.70. The molecule has 9 nitrogen and oxygen atoms in total. The third-order valence-corrected chi connectivity index (χ3v) is 6.06. The highest BCUT2D eigenvalue weighted by atomic mass is 16.6. The number of carbonyl (C=O) groups is 2. The van der Waals surface area contributed by atoms with Crippen molar-refractivity contribution < 1.29 is 19.2 Å². The number of nitro groups is 1. The summed E-state index contributed by atoms with van der Waals surface area (Å²) in [5.74, 6) is -0.727. The van der Waals surface area contributed by atoms with E-state index in [0.717, 1.165) is 16.5 Å². The molecule has 9 heteroatoms. The zero-order valence-electron chi connectivity index (χ0n) is 21.3. The molecule has 0 bridgehead atoms. The molecule has 0 saturated heterocycles. The molecule has 0 spiro atoms. The quantitative estimate of drug-likeness (QED) is 0.0891. The SMILES string of the molecule is Cc1ccc2nc(-c3ccccc3)cc(C(=O)NN=Cc3ccc(OC(=O)c4ccc([N+](=O)[O-])cc4)cc3)c2c1. The molecule has 0 aliphatic heterocycles. The highest BCUT2D eigenvalue weighted by Gasteiger charge is 2.14. The number of fused-ring (bicyclic) bond motifs is 1. The number of nitro benzene ring substituents is 1. The van der Waals surface area contributed by atoms with Crippen LogP contribution in [0.4, 0.5) is 5.69 Å². The number of carbonyl (C=O) groups excluding carboxylic acids is 2. The first-order valence-electron chi connectivity index (χ1n) is 12.2. The number of esters is 1. The van der Waals surface area contributed by atoms with E-state index in [1.807, 2.05) is 55.5 Å². The summed E-state index contributed by atoms with van der Waals surface area (Å²) in [6, 6.07) is 28.8. The molecule has 1 aromatic heterocycles. The average molecular weight is 531 g/mol. The van der Waals surface area contributed by atoms with Crippen LogP contribution in [0.1, 0.15) is 31.8 Å². The number of rotatable bonds is 7. The van der Waals surface area contributed by atoms with Crippen molar-refractivity contribution in [2.45, 2.75) is 6.92 Å². The molecule has 1 N–H and O–H groups in total. The lowest BCUT2D eigenvalue weighted by Crippen LogP contribution is -2.18. The Morgan fingerprint density at radius 1 is 0.925 bits per heavy atom. The molecule has 0 atom stereocenters. The summed E-state index contributed by atoms with van der Waals surface area (Å²) in [6.45, 7) is 1.96. The number of hydrazone groups is 1. The second-order valence-electron chi connectivity index (χ2n) is 8.90. The van der Waals surface area contributed by atoms with Gasteiger partial charge in [0.2, 0.25) is 0 Å². The van der Waals surface area contributed by atoms with Gasteiger partial charge in [0, 0.05) is 23.1 Å². The van der Waals surface area contributed by atoms with Crippen molar-refractivity contribution in [2.75, 3.05) is 0 Å². The fraction of sp³-hybridized carbons (Fsp3) is 0.0323. The number of hydrogen-bond acceptors (Lipinski definition) is 7. The highest BCUT2D eigenvalue weighted by molar-refractivity contribution is 6.07. The van der Waals surface area contributed by atoms with Crippen molar-refractivity contribution in [3.63, 3.8) is 0 Å². The third-order valence-electron chi connectivity index (χ3n) is 6.06. The van der Waals surface area contributed by atoms with Crippen LogP contribution in [0.5, 0.6) is 5.75 Å². The van der Waals surface area contributed by atoms with Gasteiger partial charge < -0.3 is 4.74 Å². The minimum absolute atomic E-state index is 0.115. The Balaban J connectivity index is 1.28. The molecule has 0 aliphatic rings. The van der Waals surface area contributed by atoms with Gasteiger partial charge in [-0.3, -0.25) is 14.9 Å². The number of aromatic nitrogens is 1. The molecule has 0 radical (unpaired) electrons. The maximum absolute atomic E-state index is 13.2. The first kappa shape index (κ1) is 25.9. The van der Waals surface area contributed by atoms with E-state index in [0.29, 0.717) is 22.3 Å². The van der Waals surface area contributed by atoms with Gasteiger partial charge >= 0.3 is 5.97 Å². The molecular weight excluding hydrogens is 508 g/mol. The Bertz CT molecular complexity index is 1750. The molecule has 0 saturated carbocycles. The average Bonchev–Trinajstić information content (AvgIpc) is 2.98. The van der Waals surface area contributed by atoms with Gasteiger partial charge in [-0.1, -0.05) is 42.0 Å². The smallest absolute Gasteiger partial charge is 0.343 e. The molecule has 5 aromatic rings. The number of nitrogens with zero attached hydrogens (tertiary/aromatic N) is 3. The van der Waals surface area contributed by atoms with Crippen molar-refractivity contribution in [3.05, 3.63) is 135 Å². The van der Waals surface area contributed by atoms with Crippen molar-refractivity contribution in [1.29, 1.82) is 0 Å². The van der Waals surface area contributed by atoms with Gasteiger partial charge in [0.1, 0.15) is 5.75 Å². The van der Waals surface area contributed by atoms with Gasteiger partial charge in [-0.05, 0) is 67.1 Å². The number of amides is 1. The van der Waals surface area contributed by atoms with Gasteiger partial charge in [0.25, 0.3) is 11.6 Å². The molecule has 1 amide bonds. The van der Waals surface area contributed by atoms with E-state index in [1.54, 1.807) is 30.3 Å². The van der Waals surface area contributed by atoms with E-state index in [2.05, 4.69) is 10.5 Å². The van der Waals surface area contributed by atoms with Crippen LogP contribution < -0.4 is 10.2 Å². The van der Waals surface area contributed by atoms with E-state index in [9.17, 15) is 19.7 Å². The monoisotopic (exact) mass is 530 g/mol. The second kappa shape index (κ2) is 11.4. The number of non-ortho nitro benzene ring substituents is 1. The Morgan fingerprint density at radius 3 is 2.35 bits per heavy atom. The summed E-state index contributed by atoms with van der Waals surface area (Å²) >= 11 is 0. The second-order valence-corrected chi connectivity index (χ2v) is 8.90. The van der Waals surface area contributed by atoms with E-state index in [-0.39, 0.29) is 22.9 Å². The van der Waals surface area contributed by atoms with Crippen LogP contribution >= 0.6 is 0 Å². The molecule has 40 heavy (non-hydrogen) atoms. The van der Waals surface area contributed by atoms with Crippen molar-refractivity contribution in [2.24, 2.45) is 5.10 Å². The minimum Gasteiger partial charge on any atom is -0.423 e. The van der Waals surface area contributed by atoms with Crippen LogP contribution in [0.3, 0.4) is 0 Å². The number of benzene rings is 4. The van der Waals surface area contributed by atoms with Crippen LogP contribution in [-0.2, 0) is 0 Å². The predicted molar refractivity (Wildman–Crippen MR) is 151 cm³/mol. The van der Waals surface area contributed by atoms with Crippen LogP contribution in [0, 0.1) is 17.0 Å². The Morgan fingerprint density at radius 2 is 1.65 bits per heavy atom. The first-order valence-corrected chi connectivity index (χ1v) is 12.2. The summed E-state index contributed by atoms with van der Waals surface area (Å²) in [6.07, 6.45) is 1.48. The van der Waals surface area contributed by atoms with Crippen LogP contribution in [0.25, 0.3) is 22.2 Å². The molecule has 4 aromatic carbocycles. The molecule has 0 unspecified atom stereocenters. The molecule has 0 fully saturated rings.